The van der Waals surface area contributed by atoms with Gasteiger partial charge in [0.25, 0.3) is 31.9 Å². The highest BCUT2D eigenvalue weighted by atomic mass is 35.5. The number of rotatable bonds is 13. The van der Waals surface area contributed by atoms with Crippen LogP contribution in [-0.4, -0.2) is 94.6 Å². The van der Waals surface area contributed by atoms with E-state index >= 15 is 0 Å². The Kier molecular flexibility index (Phi) is 18.1. The largest absolute Gasteiger partial charge is 0.473 e. The van der Waals surface area contributed by atoms with Crippen LogP contribution in [0.5, 0.6) is 11.8 Å². The van der Waals surface area contributed by atoms with Gasteiger partial charge in [0.05, 0.1) is 20.9 Å². The summed E-state index contributed by atoms with van der Waals surface area (Å²) in [6.07, 6.45) is 10.2. The zero-order chi connectivity index (χ0) is 50.7. The number of sulfonamides is 2. The number of pyridine rings is 2. The van der Waals surface area contributed by atoms with Gasteiger partial charge in [-0.15, -0.1) is 10.2 Å². The van der Waals surface area contributed by atoms with Crippen LogP contribution in [-0.2, 0) is 20.0 Å². The summed E-state index contributed by atoms with van der Waals surface area (Å²) >= 11 is 6.11. The Morgan fingerprint density at radius 1 is 0.644 bits per heavy atom. The van der Waals surface area contributed by atoms with Gasteiger partial charge in [0, 0.05) is 42.1 Å². The van der Waals surface area contributed by atoms with E-state index in [1.165, 1.54) is 54.0 Å². The van der Waals surface area contributed by atoms with Crippen LogP contribution in [0.25, 0.3) is 11.6 Å². The molecule has 3 N–H and O–H groups in total. The van der Waals surface area contributed by atoms with Crippen LogP contribution < -0.4 is 29.1 Å². The van der Waals surface area contributed by atoms with Crippen molar-refractivity contribution in [1.82, 2.24) is 44.3 Å². The molecule has 4 aliphatic rings. The van der Waals surface area contributed by atoms with Crippen molar-refractivity contribution in [1.29, 1.82) is 0 Å². The summed E-state index contributed by atoms with van der Waals surface area (Å²) in [5.74, 6) is 2.01. The predicted molar refractivity (Wildman–Crippen MR) is 289 cm³/mol. The van der Waals surface area contributed by atoms with Crippen molar-refractivity contribution < 1.29 is 35.9 Å². The molecule has 2 saturated carbocycles. The van der Waals surface area contributed by atoms with Crippen molar-refractivity contribution in [3.8, 4) is 23.4 Å². The summed E-state index contributed by atoms with van der Waals surface area (Å²) in [7, 11) is -8.04. The van der Waals surface area contributed by atoms with Crippen molar-refractivity contribution in [3.63, 3.8) is 0 Å². The van der Waals surface area contributed by atoms with Crippen molar-refractivity contribution in [2.45, 2.75) is 113 Å². The number of amides is 2. The minimum absolute atomic E-state index is 0. The first kappa shape index (κ1) is 56.6. The molecule has 4 aromatic heterocycles. The third-order valence-corrected chi connectivity index (χ3v) is 15.1. The van der Waals surface area contributed by atoms with Crippen molar-refractivity contribution in [3.05, 3.63) is 126 Å². The summed E-state index contributed by atoms with van der Waals surface area (Å²) in [6.45, 7) is 15.1. The maximum Gasteiger partial charge on any atom is 0.268 e. The van der Waals surface area contributed by atoms with Gasteiger partial charge in [0.1, 0.15) is 23.2 Å². The van der Waals surface area contributed by atoms with Gasteiger partial charge < -0.3 is 19.7 Å². The molecule has 2 saturated heterocycles. The molecule has 73 heavy (non-hydrogen) atoms. The molecule has 0 bridgehead atoms. The first-order valence-corrected chi connectivity index (χ1v) is 26.9. The van der Waals surface area contributed by atoms with E-state index < -0.39 is 31.9 Å². The van der Waals surface area contributed by atoms with Crippen LogP contribution in [0.4, 0.5) is 5.82 Å². The van der Waals surface area contributed by atoms with E-state index in [4.69, 9.17) is 26.1 Å². The lowest BCUT2D eigenvalue weighted by atomic mass is 9.97. The number of hydrogen-bond acceptors (Lipinski definition) is 14. The fourth-order valence-electron chi connectivity index (χ4n) is 8.48. The highest BCUT2D eigenvalue weighted by Crippen LogP contribution is 2.38. The predicted octanol–water partition coefficient (Wildman–Crippen LogP) is 7.75. The molecule has 2 aliphatic carbocycles. The lowest BCUT2D eigenvalue weighted by Gasteiger charge is -2.34. The quantitative estimate of drug-likeness (QED) is 0.0942. The molecule has 0 radical (unpaired) electrons. The monoisotopic (exact) mass is 1090 g/mol. The number of nitrogens with zero attached hydrogens (tertiary/aromatic N) is 7. The number of hydrogen-bond donors (Lipinski definition) is 3. The molecule has 10 rings (SSSR count). The fourth-order valence-corrected chi connectivity index (χ4v) is 10.7. The zero-order valence-corrected chi connectivity index (χ0v) is 45.8. The van der Waals surface area contributed by atoms with Crippen LogP contribution in [0.15, 0.2) is 119 Å². The number of benzene rings is 2. The van der Waals surface area contributed by atoms with E-state index in [0.29, 0.717) is 47.2 Å². The number of carbonyl (C=O) groups excluding carboxylic acids is 2. The van der Waals surface area contributed by atoms with Gasteiger partial charge in [0.15, 0.2) is 11.6 Å². The minimum atomic E-state index is -4.03. The molecule has 0 spiro atoms. The Labute approximate surface area is 446 Å². The third-order valence-electron chi connectivity index (χ3n) is 12.1. The second-order valence-electron chi connectivity index (χ2n) is 19.7. The molecule has 4 fully saturated rings. The molecule has 2 atom stereocenters. The Balaban J connectivity index is 0.000000205. The van der Waals surface area contributed by atoms with E-state index in [2.05, 4.69) is 71.7 Å². The molecule has 2 aromatic carbocycles. The van der Waals surface area contributed by atoms with Crippen LogP contribution in [0, 0.1) is 11.8 Å². The maximum absolute atomic E-state index is 13.3. The topological polar surface area (TPSA) is 222 Å². The van der Waals surface area contributed by atoms with Crippen LogP contribution in [0.3, 0.4) is 0 Å². The molecule has 2 aliphatic heterocycles. The highest BCUT2D eigenvalue weighted by Gasteiger charge is 2.39. The van der Waals surface area contributed by atoms with Gasteiger partial charge >= 0.3 is 0 Å². The Hall–Kier alpha value is -5.65. The van der Waals surface area contributed by atoms with Crippen molar-refractivity contribution in [2.24, 2.45) is 11.8 Å². The fraction of sp³-hybridized carbons (Fsp3) is 0.400. The van der Waals surface area contributed by atoms with Crippen molar-refractivity contribution in [2.75, 3.05) is 18.0 Å². The minimum Gasteiger partial charge on any atom is -0.473 e. The molecule has 2 amide bonds. The number of nitrogens with one attached hydrogen (secondary N) is 3. The van der Waals surface area contributed by atoms with E-state index in [1.807, 2.05) is 4.72 Å². The van der Waals surface area contributed by atoms with E-state index in [0.717, 1.165) is 38.0 Å². The van der Waals surface area contributed by atoms with Gasteiger partial charge in [-0.1, -0.05) is 61.8 Å². The summed E-state index contributed by atoms with van der Waals surface area (Å²) < 4.78 is 68.8. The Morgan fingerprint density at radius 3 is 1.51 bits per heavy atom. The highest BCUT2D eigenvalue weighted by molar-refractivity contribution is 7.90. The molecular formula is C50H63ClN10O8S4. The van der Waals surface area contributed by atoms with Crippen LogP contribution in [0.2, 0.25) is 5.15 Å². The van der Waals surface area contributed by atoms with Crippen molar-refractivity contribution >= 4 is 76.3 Å². The summed E-state index contributed by atoms with van der Waals surface area (Å²) in [5, 5.41) is 12.0. The first-order valence-electron chi connectivity index (χ1n) is 23.5. The van der Waals surface area contributed by atoms with Crippen LogP contribution in [0.1, 0.15) is 101 Å². The summed E-state index contributed by atoms with van der Waals surface area (Å²) in [4.78, 5) is 36.7. The average Bonchev–Trinajstić information content (AvgIpc) is 4.15. The number of halogens is 1. The van der Waals surface area contributed by atoms with Gasteiger partial charge in [-0.3, -0.25) is 9.59 Å². The number of anilines is 1. The number of aromatic nitrogens is 6. The van der Waals surface area contributed by atoms with Crippen LogP contribution >= 0.6 is 38.6 Å². The first-order chi connectivity index (χ1) is 33.6. The molecule has 23 heteroatoms. The second kappa shape index (κ2) is 23.3. The Bertz CT molecular complexity index is 3100. The number of carbonyl (C=O) groups is 2. The molecule has 0 unspecified atom stereocenters. The second-order valence-corrected chi connectivity index (χ2v) is 23.4. The lowest BCUT2D eigenvalue weighted by Crippen LogP contribution is -2.41. The third kappa shape index (κ3) is 14.8. The standard InChI is InChI=1S/C25H29N5O4S.C18H15ClN4O4S.C7H15N.2H2S/c1-17-15-25(2,3)29(16-17)23-20(24(31)28-35(32,33)19-7-5-4-6-8-19)11-12-21(26-23)30-14-13-22(27-30)34-18-9-10-18;19-17-14(18(24)22-28(25,26)13-4-2-1-3-5-13)8-9-15(20-17)23-11-10-16(21-23)27-12-6-7-12;1-6-4-7(2,3)8-5-6;;/h4-8,11-14,17-18H,9-10,15-16H2,1-3H3,(H,28,31);1-5,8-12H,6-7H2,(H,22,24);6,8H,4-5H2,1-3H3;2*1H2/t17-;;6-;;/m0.0../s1. The summed E-state index contributed by atoms with van der Waals surface area (Å²) in [5.41, 5.74) is 0.283. The van der Waals surface area contributed by atoms with Gasteiger partial charge in [0.2, 0.25) is 11.8 Å². The molecule has 392 valence electrons. The Morgan fingerprint density at radius 2 is 1.11 bits per heavy atom. The molecule has 6 heterocycles. The van der Waals surface area contributed by atoms with Gasteiger partial charge in [-0.05, 0) is 133 Å². The molecule has 6 aromatic rings. The van der Waals surface area contributed by atoms with E-state index in [9.17, 15) is 26.4 Å². The van der Waals surface area contributed by atoms with E-state index in [1.54, 1.807) is 77.7 Å². The number of ether oxygens (including phenoxy) is 2. The van der Waals surface area contributed by atoms with E-state index in [-0.39, 0.29) is 70.8 Å². The molecule has 18 nitrogen and oxygen atoms in total. The smallest absolute Gasteiger partial charge is 0.268 e. The van der Waals surface area contributed by atoms with Gasteiger partial charge in [-0.2, -0.15) is 27.0 Å². The van der Waals surface area contributed by atoms with Gasteiger partial charge in [-0.25, -0.2) is 45.6 Å². The lowest BCUT2D eigenvalue weighted by molar-refractivity contribution is 0.0972. The maximum atomic E-state index is 13.3. The normalized spacial score (nSPS) is 18.6. The average molecular weight is 1100 g/mol. The zero-order valence-electron chi connectivity index (χ0n) is 41.4. The molecular weight excluding hydrogens is 1030 g/mol. The summed E-state index contributed by atoms with van der Waals surface area (Å²) in [6, 6.07) is 25.1. The SMILES string of the molecule is C[C@@H]1CN(c2nc(-n3ccc(OC4CC4)n3)ccc2C(=O)NS(=O)(=O)c2ccccc2)C(C)(C)C1.C[C@@H]1CNC(C)(C)C1.O=C(NS(=O)(=O)c1ccccc1)c1ccc(-n2ccc(OC3CC3)n2)nc1Cl.S.S.